The number of anilines is 2. The summed E-state index contributed by atoms with van der Waals surface area (Å²) in [7, 11) is 0. The summed E-state index contributed by atoms with van der Waals surface area (Å²) in [5.74, 6) is -9.42. The van der Waals surface area contributed by atoms with Crippen LogP contribution in [0.1, 0.15) is 31.2 Å². The fourth-order valence-electron chi connectivity index (χ4n) is 8.04. The highest BCUT2D eigenvalue weighted by Crippen LogP contribution is 2.64. The third kappa shape index (κ3) is 4.79. The zero-order valence-electron chi connectivity index (χ0n) is 24.8. The highest BCUT2D eigenvalue weighted by molar-refractivity contribution is 6.32. The Kier molecular flexibility index (Phi) is 7.41. The number of phenolic OH excluding ortho intramolecular Hbond substituents is 1. The number of halogens is 6. The Balaban J connectivity index is 1.39. The van der Waals surface area contributed by atoms with Crippen molar-refractivity contribution in [1.29, 1.82) is 0 Å². The molecule has 2 heterocycles. The number of fused-ring (bicyclic) bond motifs is 4. The lowest BCUT2D eigenvalue weighted by atomic mass is 9.51. The number of aromatic hydroxyl groups is 1. The summed E-state index contributed by atoms with van der Waals surface area (Å²) >= 11 is 12.0. The van der Waals surface area contributed by atoms with Crippen LogP contribution in [0, 0.1) is 34.9 Å². The number of imide groups is 2. The van der Waals surface area contributed by atoms with Gasteiger partial charge in [-0.15, -0.1) is 13.2 Å². The Morgan fingerprint density at radius 3 is 2.23 bits per heavy atom. The third-order valence-electron chi connectivity index (χ3n) is 10.1. The number of carbonyl (C=O) groups excluding carboxylic acids is 4. The van der Waals surface area contributed by atoms with Gasteiger partial charge in [0.2, 0.25) is 23.6 Å². The summed E-state index contributed by atoms with van der Waals surface area (Å²) in [5, 5.41) is 11.2. The Bertz CT molecular complexity index is 1950. The van der Waals surface area contributed by atoms with Crippen molar-refractivity contribution < 1.29 is 46.6 Å². The van der Waals surface area contributed by atoms with Crippen LogP contribution in [0.4, 0.5) is 28.9 Å². The lowest BCUT2D eigenvalue weighted by molar-refractivity contribution is -0.274. The van der Waals surface area contributed by atoms with Crippen molar-refractivity contribution in [3.05, 3.63) is 93.7 Å². The van der Waals surface area contributed by atoms with Crippen molar-refractivity contribution in [2.45, 2.75) is 32.0 Å². The van der Waals surface area contributed by atoms with Crippen LogP contribution in [-0.2, 0) is 19.2 Å². The van der Waals surface area contributed by atoms with Crippen LogP contribution in [0.15, 0.2) is 72.3 Å². The summed E-state index contributed by atoms with van der Waals surface area (Å²) in [5.41, 5.74) is -1.15. The molecule has 2 saturated heterocycles. The smallest absolute Gasteiger partial charge is 0.508 e. The minimum absolute atomic E-state index is 0.0278. The van der Waals surface area contributed by atoms with Crippen molar-refractivity contribution in [1.82, 2.24) is 0 Å². The minimum Gasteiger partial charge on any atom is -0.508 e. The van der Waals surface area contributed by atoms with Crippen molar-refractivity contribution in [2.24, 2.45) is 29.1 Å². The summed E-state index contributed by atoms with van der Waals surface area (Å²) in [4.78, 5) is 58.5. The molecule has 1 saturated carbocycles. The number of alkyl halides is 3. The van der Waals surface area contributed by atoms with E-state index in [2.05, 4.69) is 4.74 Å². The molecule has 14 heteroatoms. The van der Waals surface area contributed by atoms with Crippen molar-refractivity contribution in [3.63, 3.8) is 0 Å². The maximum Gasteiger partial charge on any atom is 0.573 e. The van der Waals surface area contributed by atoms with E-state index in [1.807, 2.05) is 0 Å². The first kappa shape index (κ1) is 32.1. The number of allylic oxidation sites excluding steroid dienone is 2. The van der Waals surface area contributed by atoms with Gasteiger partial charge in [-0.25, -0.2) is 9.29 Å². The number of phenols is 1. The van der Waals surface area contributed by atoms with Crippen LogP contribution < -0.4 is 14.5 Å². The second-order valence-electron chi connectivity index (χ2n) is 12.5. The van der Waals surface area contributed by atoms with Gasteiger partial charge in [0.15, 0.2) is 0 Å². The zero-order valence-corrected chi connectivity index (χ0v) is 26.3. The van der Waals surface area contributed by atoms with Gasteiger partial charge in [-0.1, -0.05) is 34.9 Å². The standard InChI is InChI=1S/C34H24Cl2F4N2O6/c1-33-23(30(45)42(32(33)47)17-6-10-25(37)24(36)12-17)14-21-19(28(33)22-13-18(7-11-26(22)43)48-34(38,39)40)8-9-20-27(21)31(46)41(29(20)44)16-4-2-15(35)3-5-16/h2-8,10-13,20-21,23,27-28,43H,9,14H2,1H3/t20-,21+,23-,27-,28+,33+/m0/s1. The molecule has 1 N–H and O–H groups in total. The highest BCUT2D eigenvalue weighted by atomic mass is 35.5. The van der Waals surface area contributed by atoms with Crippen LogP contribution >= 0.6 is 23.2 Å². The minimum atomic E-state index is -5.08. The molecule has 0 radical (unpaired) electrons. The molecule has 8 nitrogen and oxygen atoms in total. The second kappa shape index (κ2) is 11.1. The molecule has 0 unspecified atom stereocenters. The molecule has 2 aliphatic heterocycles. The van der Waals surface area contributed by atoms with Gasteiger partial charge in [0.25, 0.3) is 0 Å². The van der Waals surface area contributed by atoms with Crippen LogP contribution in [-0.4, -0.2) is 35.1 Å². The molecule has 0 spiro atoms. The molecule has 2 aliphatic carbocycles. The summed E-state index contributed by atoms with van der Waals surface area (Å²) in [6.07, 6.45) is -3.41. The van der Waals surface area contributed by atoms with Crippen molar-refractivity contribution in [3.8, 4) is 11.5 Å². The quantitative estimate of drug-likeness (QED) is 0.176. The summed E-state index contributed by atoms with van der Waals surface area (Å²) in [6.45, 7) is 1.48. The van der Waals surface area contributed by atoms with Crippen LogP contribution in [0.5, 0.6) is 11.5 Å². The van der Waals surface area contributed by atoms with Gasteiger partial charge >= 0.3 is 6.36 Å². The molecule has 0 aromatic heterocycles. The average Bonchev–Trinajstić information content (AvgIpc) is 3.39. The van der Waals surface area contributed by atoms with E-state index in [4.69, 9.17) is 23.2 Å². The molecule has 248 valence electrons. The summed E-state index contributed by atoms with van der Waals surface area (Å²) < 4.78 is 58.1. The van der Waals surface area contributed by atoms with Crippen LogP contribution in [0.3, 0.4) is 0 Å². The molecule has 0 bridgehead atoms. The van der Waals surface area contributed by atoms with Crippen LogP contribution in [0.2, 0.25) is 10.0 Å². The predicted octanol–water partition coefficient (Wildman–Crippen LogP) is 7.17. The molecule has 7 rings (SSSR count). The molecule has 6 atom stereocenters. The number of rotatable bonds is 4. The number of carbonyl (C=O) groups is 4. The van der Waals surface area contributed by atoms with E-state index >= 15 is 0 Å². The van der Waals surface area contributed by atoms with E-state index in [1.165, 1.54) is 37.3 Å². The number of hydrogen-bond donors (Lipinski definition) is 1. The highest BCUT2D eigenvalue weighted by Gasteiger charge is 2.68. The fraction of sp³-hybridized carbons (Fsp3) is 0.294. The SMILES string of the molecule is C[C@@]12C(=O)N(c3ccc(F)c(Cl)c3)C(=O)[C@@H]1C[C@@H]1C(=CC[C@@H]3C(=O)N(c4ccc(Cl)cc4)C(=O)[C@@H]31)[C@@H]2c1cc(OC(F)(F)F)ccc1O. The van der Waals surface area contributed by atoms with E-state index in [9.17, 15) is 41.8 Å². The van der Waals surface area contributed by atoms with E-state index in [1.54, 1.807) is 6.08 Å². The zero-order chi connectivity index (χ0) is 34.4. The molecular weight excluding hydrogens is 679 g/mol. The van der Waals surface area contributed by atoms with E-state index in [-0.39, 0.29) is 29.1 Å². The largest absolute Gasteiger partial charge is 0.573 e. The number of amides is 4. The van der Waals surface area contributed by atoms with Gasteiger partial charge in [0, 0.05) is 16.5 Å². The number of hydrogen-bond acceptors (Lipinski definition) is 6. The van der Waals surface area contributed by atoms with E-state index in [0.717, 1.165) is 40.1 Å². The maximum atomic E-state index is 14.5. The number of nitrogens with zero attached hydrogens (tertiary/aromatic N) is 2. The molecule has 3 aromatic carbocycles. The molecule has 4 amide bonds. The fourth-order valence-corrected chi connectivity index (χ4v) is 8.34. The lowest BCUT2D eigenvalue weighted by Gasteiger charge is -2.49. The monoisotopic (exact) mass is 702 g/mol. The van der Waals surface area contributed by atoms with Crippen molar-refractivity contribution in [2.75, 3.05) is 9.80 Å². The van der Waals surface area contributed by atoms with Gasteiger partial charge in [-0.05, 0) is 86.3 Å². The van der Waals surface area contributed by atoms with Gasteiger partial charge in [0.05, 0.1) is 39.6 Å². The van der Waals surface area contributed by atoms with Gasteiger partial charge in [-0.3, -0.25) is 24.1 Å². The second-order valence-corrected chi connectivity index (χ2v) is 13.4. The number of ether oxygens (including phenoxy) is 1. The Labute approximate surface area is 280 Å². The Hall–Kier alpha value is -4.42. The first-order valence-electron chi connectivity index (χ1n) is 14.9. The van der Waals surface area contributed by atoms with Crippen molar-refractivity contribution >= 4 is 58.2 Å². The third-order valence-corrected chi connectivity index (χ3v) is 10.6. The normalized spacial score (nSPS) is 28.3. The average molecular weight is 703 g/mol. The topological polar surface area (TPSA) is 104 Å². The van der Waals surface area contributed by atoms with Gasteiger partial charge < -0.3 is 9.84 Å². The molecule has 48 heavy (non-hydrogen) atoms. The van der Waals surface area contributed by atoms with Gasteiger partial charge in [-0.2, -0.15) is 0 Å². The maximum absolute atomic E-state index is 14.5. The number of benzene rings is 3. The summed E-state index contributed by atoms with van der Waals surface area (Å²) in [6, 6.07) is 12.3. The first-order chi connectivity index (χ1) is 22.6. The lowest BCUT2D eigenvalue weighted by Crippen LogP contribution is -2.49. The molecule has 3 fully saturated rings. The molecule has 3 aromatic rings. The Morgan fingerprint density at radius 1 is 0.875 bits per heavy atom. The Morgan fingerprint density at radius 2 is 1.56 bits per heavy atom. The predicted molar refractivity (Wildman–Crippen MR) is 165 cm³/mol. The van der Waals surface area contributed by atoms with Crippen LogP contribution in [0.25, 0.3) is 0 Å². The van der Waals surface area contributed by atoms with E-state index in [0.29, 0.717) is 16.3 Å². The van der Waals surface area contributed by atoms with Gasteiger partial charge in [0.1, 0.15) is 17.3 Å². The van der Waals surface area contributed by atoms with E-state index < -0.39 is 82.3 Å². The molecular formula is C34H24Cl2F4N2O6. The molecule has 4 aliphatic rings. The first-order valence-corrected chi connectivity index (χ1v) is 15.6.